The summed E-state index contributed by atoms with van der Waals surface area (Å²) in [6, 6.07) is 9.39. The molecule has 1 aliphatic carbocycles. The van der Waals surface area contributed by atoms with E-state index in [1.54, 1.807) is 48.6 Å². The van der Waals surface area contributed by atoms with Crippen LogP contribution < -0.4 is 4.72 Å². The molecule has 6 nitrogen and oxygen atoms in total. The second-order valence-electron chi connectivity index (χ2n) is 7.55. The molecule has 1 N–H and O–H groups in total. The normalized spacial score (nSPS) is 13.9. The van der Waals surface area contributed by atoms with E-state index in [1.165, 1.54) is 10.6 Å². The Hall–Kier alpha value is -2.75. The van der Waals surface area contributed by atoms with Gasteiger partial charge in [-0.05, 0) is 30.3 Å². The number of rotatable bonds is 5. The third-order valence-corrected chi connectivity index (χ3v) is 6.42. The second-order valence-corrected chi connectivity index (χ2v) is 10.6. The molecule has 0 saturated heterocycles. The van der Waals surface area contributed by atoms with Crippen LogP contribution in [0.2, 0.25) is 5.02 Å². The predicted octanol–water partition coefficient (Wildman–Crippen LogP) is 4.85. The second kappa shape index (κ2) is 8.89. The number of sulfonamides is 1. The summed E-state index contributed by atoms with van der Waals surface area (Å²) in [6.07, 6.45) is 5.94. The van der Waals surface area contributed by atoms with Gasteiger partial charge in [0.05, 0.1) is 12.8 Å². The van der Waals surface area contributed by atoms with Crippen LogP contribution in [0, 0.1) is 5.82 Å². The first-order chi connectivity index (χ1) is 15.5. The Bertz CT molecular complexity index is 1490. The fraction of sp³-hybridized carbons (Fsp3) is 0.130. The van der Waals surface area contributed by atoms with E-state index in [1.807, 2.05) is 4.72 Å². The number of carbonyl (C=O) groups is 2. The van der Waals surface area contributed by atoms with Gasteiger partial charge in [-0.3, -0.25) is 9.59 Å². The highest BCUT2D eigenvalue weighted by Gasteiger charge is 2.29. The largest absolute Gasteiger partial charge is 0.331 e. The molecule has 0 unspecified atom stereocenters. The van der Waals surface area contributed by atoms with Crippen molar-refractivity contribution in [2.75, 3.05) is 6.26 Å². The lowest BCUT2D eigenvalue weighted by molar-refractivity contribution is -0.113. The number of Topliss-reactive ketones (excluding diaryl/α,β-unsaturated/α-hetero) is 1. The summed E-state index contributed by atoms with van der Waals surface area (Å²) in [5.74, 6) is -1.67. The van der Waals surface area contributed by atoms with Gasteiger partial charge >= 0.3 is 0 Å². The lowest BCUT2D eigenvalue weighted by atomic mass is 9.93. The summed E-state index contributed by atoms with van der Waals surface area (Å²) in [4.78, 5) is 26.0. The van der Waals surface area contributed by atoms with E-state index in [0.717, 1.165) is 6.26 Å². The van der Waals surface area contributed by atoms with Gasteiger partial charge in [0.1, 0.15) is 11.5 Å². The fourth-order valence-corrected chi connectivity index (χ4v) is 4.74. The number of hydrogen-bond acceptors (Lipinski definition) is 4. The maximum absolute atomic E-state index is 14.7. The van der Waals surface area contributed by atoms with Crippen LogP contribution in [-0.2, 0) is 21.4 Å². The summed E-state index contributed by atoms with van der Waals surface area (Å²) in [5.41, 5.74) is 1.20. The zero-order valence-electron chi connectivity index (χ0n) is 17.2. The number of amides is 1. The van der Waals surface area contributed by atoms with Crippen molar-refractivity contribution in [2.45, 2.75) is 13.0 Å². The van der Waals surface area contributed by atoms with Gasteiger partial charge < -0.3 is 4.57 Å². The number of benzene rings is 2. The molecule has 2 aromatic carbocycles. The zero-order chi connectivity index (χ0) is 23.9. The number of nitrogens with one attached hydrogen (secondary N) is 1. The molecule has 4 rings (SSSR count). The molecule has 0 saturated carbocycles. The van der Waals surface area contributed by atoms with Gasteiger partial charge in [-0.15, -0.1) is 0 Å². The van der Waals surface area contributed by atoms with Crippen LogP contribution in [0.1, 0.15) is 28.0 Å². The van der Waals surface area contributed by atoms with Crippen molar-refractivity contribution in [3.05, 3.63) is 86.8 Å². The lowest BCUT2D eigenvalue weighted by Crippen LogP contribution is -2.32. The Balaban J connectivity index is 2.06. The van der Waals surface area contributed by atoms with E-state index in [9.17, 15) is 22.4 Å². The number of halogens is 3. The van der Waals surface area contributed by atoms with Crippen molar-refractivity contribution in [3.63, 3.8) is 0 Å². The van der Waals surface area contributed by atoms with Gasteiger partial charge in [0.2, 0.25) is 10.0 Å². The van der Waals surface area contributed by atoms with Crippen molar-refractivity contribution >= 4 is 65.7 Å². The standard InChI is InChI=1S/C23H17BrClFN2O4S/c1-33(31,32)27-23(30)22-21(16-4-2-3-5-20(16)29)17-11-15(25)8-9-19(17)28(22)12-13-6-7-14(24)10-18(13)26/h2-4,6-11H,5,12H2,1H3,(H,27,30). The Morgan fingerprint density at radius 3 is 2.67 bits per heavy atom. The van der Waals surface area contributed by atoms with Crippen molar-refractivity contribution in [3.8, 4) is 0 Å². The van der Waals surface area contributed by atoms with Gasteiger partial charge in [0, 0.05) is 43.5 Å². The summed E-state index contributed by atoms with van der Waals surface area (Å²) in [6.45, 7) is -0.0823. The smallest absolute Gasteiger partial charge is 0.282 e. The average Bonchev–Trinajstić information content (AvgIpc) is 3.02. The molecule has 1 aromatic heterocycles. The molecule has 3 aromatic rings. The van der Waals surface area contributed by atoms with Crippen molar-refractivity contribution < 1.29 is 22.4 Å². The van der Waals surface area contributed by atoms with Crippen LogP contribution in [-0.4, -0.2) is 30.9 Å². The highest BCUT2D eigenvalue weighted by molar-refractivity contribution is 9.10. The van der Waals surface area contributed by atoms with Gasteiger partial charge in [0.15, 0.2) is 5.78 Å². The minimum atomic E-state index is -3.92. The number of aromatic nitrogens is 1. The van der Waals surface area contributed by atoms with Crippen molar-refractivity contribution in [1.82, 2.24) is 9.29 Å². The molecule has 0 spiro atoms. The molecule has 170 valence electrons. The molecule has 1 aliphatic rings. The molecule has 1 heterocycles. The maximum Gasteiger partial charge on any atom is 0.282 e. The quantitative estimate of drug-likeness (QED) is 0.491. The van der Waals surface area contributed by atoms with Crippen LogP contribution in [0.25, 0.3) is 16.5 Å². The van der Waals surface area contributed by atoms with E-state index in [4.69, 9.17) is 11.6 Å². The molecule has 1 amide bonds. The Labute approximate surface area is 202 Å². The number of nitrogens with zero attached hydrogens (tertiary/aromatic N) is 1. The molecule has 33 heavy (non-hydrogen) atoms. The zero-order valence-corrected chi connectivity index (χ0v) is 20.4. The number of ketones is 1. The van der Waals surface area contributed by atoms with Crippen LogP contribution in [0.5, 0.6) is 0 Å². The summed E-state index contributed by atoms with van der Waals surface area (Å²) < 4.78 is 42.5. The predicted molar refractivity (Wildman–Crippen MR) is 129 cm³/mol. The minimum Gasteiger partial charge on any atom is -0.331 e. The van der Waals surface area contributed by atoms with Crippen molar-refractivity contribution in [1.29, 1.82) is 0 Å². The average molecular weight is 552 g/mol. The molecular formula is C23H17BrClFN2O4S. The Kier molecular flexibility index (Phi) is 6.30. The van der Waals surface area contributed by atoms with Gasteiger partial charge in [0.25, 0.3) is 5.91 Å². The topological polar surface area (TPSA) is 85.2 Å². The van der Waals surface area contributed by atoms with Crippen LogP contribution in [0.4, 0.5) is 4.39 Å². The van der Waals surface area contributed by atoms with E-state index in [0.29, 0.717) is 20.4 Å². The van der Waals surface area contributed by atoms with Crippen LogP contribution >= 0.6 is 27.5 Å². The molecule has 0 bridgehead atoms. The monoisotopic (exact) mass is 550 g/mol. The highest BCUT2D eigenvalue weighted by atomic mass is 79.9. The first-order valence-corrected chi connectivity index (χ1v) is 12.8. The number of fused-ring (bicyclic) bond motifs is 1. The van der Waals surface area contributed by atoms with E-state index in [-0.39, 0.29) is 41.1 Å². The maximum atomic E-state index is 14.7. The summed E-state index contributed by atoms with van der Waals surface area (Å²) >= 11 is 9.45. The third-order valence-electron chi connectivity index (χ3n) is 5.13. The summed E-state index contributed by atoms with van der Waals surface area (Å²) in [7, 11) is -3.92. The number of allylic oxidation sites excluding steroid dienone is 4. The summed E-state index contributed by atoms with van der Waals surface area (Å²) in [5, 5.41) is 0.846. The van der Waals surface area contributed by atoms with Gasteiger partial charge in [-0.1, -0.05) is 51.8 Å². The molecular weight excluding hydrogens is 535 g/mol. The molecule has 10 heteroatoms. The van der Waals surface area contributed by atoms with Crippen molar-refractivity contribution in [2.24, 2.45) is 0 Å². The van der Waals surface area contributed by atoms with E-state index < -0.39 is 21.7 Å². The van der Waals surface area contributed by atoms with Gasteiger partial charge in [-0.25, -0.2) is 17.5 Å². The molecule has 0 aliphatic heterocycles. The Morgan fingerprint density at radius 1 is 1.24 bits per heavy atom. The van der Waals surface area contributed by atoms with Crippen LogP contribution in [0.15, 0.2) is 59.1 Å². The highest BCUT2D eigenvalue weighted by Crippen LogP contribution is 2.36. The first-order valence-electron chi connectivity index (χ1n) is 9.73. The van der Waals surface area contributed by atoms with E-state index >= 15 is 0 Å². The fourth-order valence-electron chi connectivity index (χ4n) is 3.80. The minimum absolute atomic E-state index is 0.0742. The van der Waals surface area contributed by atoms with Gasteiger partial charge in [-0.2, -0.15) is 0 Å². The number of carbonyl (C=O) groups excluding carboxylic acids is 2. The SMILES string of the molecule is CS(=O)(=O)NC(=O)c1c(C2=CC=CCC2=O)c2cc(Cl)ccc2n1Cc1ccc(Br)cc1F. The lowest BCUT2D eigenvalue weighted by Gasteiger charge is -2.14. The number of hydrogen-bond donors (Lipinski definition) is 1. The third kappa shape index (κ3) is 4.80. The molecule has 0 fully saturated rings. The molecule has 0 radical (unpaired) electrons. The van der Waals surface area contributed by atoms with Crippen LogP contribution in [0.3, 0.4) is 0 Å². The Morgan fingerprint density at radius 2 is 2.00 bits per heavy atom. The first kappa shape index (κ1) is 23.4. The van der Waals surface area contributed by atoms with E-state index in [2.05, 4.69) is 15.9 Å². The molecule has 0 atom stereocenters.